The molecule has 0 saturated carbocycles. The van der Waals surface area contributed by atoms with Gasteiger partial charge in [0.2, 0.25) is 10.0 Å². The SMILES string of the molecule is CCNCc1scc(C)c1S(=O)(=O)N1CCSC(C)C1C. The van der Waals surface area contributed by atoms with Gasteiger partial charge in [0.1, 0.15) is 4.90 Å². The molecule has 0 aliphatic carbocycles. The number of hydrogen-bond acceptors (Lipinski definition) is 5. The molecule has 4 nitrogen and oxygen atoms in total. The van der Waals surface area contributed by atoms with E-state index in [2.05, 4.69) is 12.2 Å². The molecule has 1 N–H and O–H groups in total. The van der Waals surface area contributed by atoms with E-state index < -0.39 is 10.0 Å². The average molecular weight is 349 g/mol. The Morgan fingerprint density at radius 3 is 2.81 bits per heavy atom. The molecule has 1 aromatic heterocycles. The Hall–Kier alpha value is -0.0800. The Balaban J connectivity index is 2.37. The Kier molecular flexibility index (Phi) is 5.76. The van der Waals surface area contributed by atoms with Crippen LogP contribution in [0.1, 0.15) is 31.2 Å². The van der Waals surface area contributed by atoms with Crippen LogP contribution in [0.15, 0.2) is 10.3 Å². The summed E-state index contributed by atoms with van der Waals surface area (Å²) in [6.07, 6.45) is 0. The van der Waals surface area contributed by atoms with Crippen LogP contribution in [0, 0.1) is 6.92 Å². The second-order valence-corrected chi connectivity index (χ2v) is 9.66. The maximum atomic E-state index is 13.1. The Labute approximate surface area is 136 Å². The third-order valence-corrected chi connectivity index (χ3v) is 8.71. The molecule has 0 spiro atoms. The normalized spacial score (nSPS) is 24.4. The first-order valence-electron chi connectivity index (χ1n) is 7.30. The zero-order chi connectivity index (χ0) is 15.6. The molecular weight excluding hydrogens is 324 g/mol. The zero-order valence-electron chi connectivity index (χ0n) is 13.0. The van der Waals surface area contributed by atoms with Crippen LogP contribution in [0.2, 0.25) is 0 Å². The van der Waals surface area contributed by atoms with Crippen molar-refractivity contribution in [1.29, 1.82) is 0 Å². The average Bonchev–Trinajstić information content (AvgIpc) is 2.81. The maximum absolute atomic E-state index is 13.1. The first kappa shape index (κ1) is 17.3. The lowest BCUT2D eigenvalue weighted by molar-refractivity contribution is 0.340. The molecule has 1 fully saturated rings. The van der Waals surface area contributed by atoms with E-state index in [0.29, 0.717) is 23.2 Å². The summed E-state index contributed by atoms with van der Waals surface area (Å²) in [6, 6.07) is 0.0417. The van der Waals surface area contributed by atoms with E-state index in [-0.39, 0.29) is 6.04 Å². The van der Waals surface area contributed by atoms with Crippen molar-refractivity contribution in [2.45, 2.75) is 50.4 Å². The lowest BCUT2D eigenvalue weighted by Gasteiger charge is -2.36. The van der Waals surface area contributed by atoms with Crippen molar-refractivity contribution in [3.05, 3.63) is 15.8 Å². The molecule has 1 aromatic rings. The van der Waals surface area contributed by atoms with E-state index in [4.69, 9.17) is 0 Å². The maximum Gasteiger partial charge on any atom is 0.244 e. The van der Waals surface area contributed by atoms with Crippen molar-refractivity contribution in [3.8, 4) is 0 Å². The van der Waals surface area contributed by atoms with E-state index in [1.165, 1.54) is 11.3 Å². The van der Waals surface area contributed by atoms with Gasteiger partial charge in [-0.25, -0.2) is 8.42 Å². The molecule has 7 heteroatoms. The van der Waals surface area contributed by atoms with Gasteiger partial charge in [-0.1, -0.05) is 13.8 Å². The number of thioether (sulfide) groups is 1. The van der Waals surface area contributed by atoms with Gasteiger partial charge in [0, 0.05) is 35.0 Å². The molecule has 120 valence electrons. The summed E-state index contributed by atoms with van der Waals surface area (Å²) in [7, 11) is -3.40. The third-order valence-electron chi connectivity index (χ3n) is 3.92. The summed E-state index contributed by atoms with van der Waals surface area (Å²) in [5.41, 5.74) is 0.867. The molecule has 0 amide bonds. The van der Waals surface area contributed by atoms with E-state index in [9.17, 15) is 8.42 Å². The topological polar surface area (TPSA) is 49.4 Å². The highest BCUT2D eigenvalue weighted by atomic mass is 32.2. The number of rotatable bonds is 5. The van der Waals surface area contributed by atoms with E-state index in [1.54, 1.807) is 4.31 Å². The van der Waals surface area contributed by atoms with Crippen LogP contribution in [-0.4, -0.2) is 42.9 Å². The van der Waals surface area contributed by atoms with Gasteiger partial charge < -0.3 is 5.32 Å². The van der Waals surface area contributed by atoms with Crippen molar-refractivity contribution < 1.29 is 8.42 Å². The summed E-state index contributed by atoms with van der Waals surface area (Å²) in [4.78, 5) is 1.45. The standard InChI is InChI=1S/C14H24N2O2S3/c1-5-15-8-13-14(10(2)9-20-13)21(17,18)16-6-7-19-12(4)11(16)3/h9,11-12,15H,5-8H2,1-4H3. The lowest BCUT2D eigenvalue weighted by Crippen LogP contribution is -2.48. The molecule has 1 aliphatic heterocycles. The third kappa shape index (κ3) is 3.47. The summed E-state index contributed by atoms with van der Waals surface area (Å²) in [5, 5.41) is 5.53. The number of aryl methyl sites for hydroxylation is 1. The molecule has 2 unspecified atom stereocenters. The van der Waals surface area contributed by atoms with Crippen molar-refractivity contribution in [2.75, 3.05) is 18.8 Å². The van der Waals surface area contributed by atoms with E-state index in [1.807, 2.05) is 37.9 Å². The fourth-order valence-electron chi connectivity index (χ4n) is 2.56. The zero-order valence-corrected chi connectivity index (χ0v) is 15.5. The highest BCUT2D eigenvalue weighted by molar-refractivity contribution is 8.00. The molecule has 0 radical (unpaired) electrons. The Bertz CT molecular complexity index is 583. The molecule has 0 aromatic carbocycles. The quantitative estimate of drug-likeness (QED) is 0.889. The summed E-state index contributed by atoms with van der Waals surface area (Å²) < 4.78 is 27.9. The van der Waals surface area contributed by atoms with Crippen LogP contribution < -0.4 is 5.32 Å². The van der Waals surface area contributed by atoms with Gasteiger partial charge in [-0.2, -0.15) is 16.1 Å². The smallest absolute Gasteiger partial charge is 0.244 e. The van der Waals surface area contributed by atoms with Gasteiger partial charge in [-0.15, -0.1) is 11.3 Å². The highest BCUT2D eigenvalue weighted by Gasteiger charge is 2.37. The minimum Gasteiger partial charge on any atom is -0.312 e. The van der Waals surface area contributed by atoms with Gasteiger partial charge in [0.05, 0.1) is 0 Å². The molecule has 1 saturated heterocycles. The van der Waals surface area contributed by atoms with Crippen LogP contribution in [-0.2, 0) is 16.6 Å². The minimum atomic E-state index is -3.40. The van der Waals surface area contributed by atoms with Crippen molar-refractivity contribution in [1.82, 2.24) is 9.62 Å². The lowest BCUT2D eigenvalue weighted by atomic mass is 10.2. The number of nitrogens with one attached hydrogen (secondary N) is 1. The highest BCUT2D eigenvalue weighted by Crippen LogP contribution is 2.34. The molecule has 2 rings (SSSR count). The van der Waals surface area contributed by atoms with Gasteiger partial charge >= 0.3 is 0 Å². The van der Waals surface area contributed by atoms with Crippen LogP contribution in [0.4, 0.5) is 0 Å². The van der Waals surface area contributed by atoms with Gasteiger partial charge in [-0.05, 0) is 31.3 Å². The van der Waals surface area contributed by atoms with Gasteiger partial charge in [0.15, 0.2) is 0 Å². The second kappa shape index (κ2) is 7.00. The predicted octanol–water partition coefficient (Wildman–Crippen LogP) is 2.68. The number of hydrogen-bond donors (Lipinski definition) is 1. The van der Waals surface area contributed by atoms with E-state index >= 15 is 0 Å². The first-order valence-corrected chi connectivity index (χ1v) is 10.7. The van der Waals surface area contributed by atoms with Gasteiger partial charge in [-0.3, -0.25) is 0 Å². The summed E-state index contributed by atoms with van der Waals surface area (Å²) in [6.45, 7) is 10.1. The molecule has 0 bridgehead atoms. The summed E-state index contributed by atoms with van der Waals surface area (Å²) in [5.74, 6) is 0.871. The van der Waals surface area contributed by atoms with Crippen LogP contribution >= 0.6 is 23.1 Å². The van der Waals surface area contributed by atoms with E-state index in [0.717, 1.165) is 22.7 Å². The Morgan fingerprint density at radius 1 is 1.43 bits per heavy atom. The molecule has 1 aliphatic rings. The minimum absolute atomic E-state index is 0.0417. The summed E-state index contributed by atoms with van der Waals surface area (Å²) >= 11 is 3.39. The van der Waals surface area contributed by atoms with Crippen molar-refractivity contribution >= 4 is 33.1 Å². The monoisotopic (exact) mass is 348 g/mol. The number of sulfonamides is 1. The largest absolute Gasteiger partial charge is 0.312 e. The molecular formula is C14H24N2O2S3. The van der Waals surface area contributed by atoms with Crippen molar-refractivity contribution in [3.63, 3.8) is 0 Å². The van der Waals surface area contributed by atoms with Crippen LogP contribution in [0.3, 0.4) is 0 Å². The predicted molar refractivity (Wildman–Crippen MR) is 91.7 cm³/mol. The number of nitrogens with zero attached hydrogens (tertiary/aromatic N) is 1. The Morgan fingerprint density at radius 2 is 2.14 bits per heavy atom. The first-order chi connectivity index (χ1) is 9.89. The fraction of sp³-hybridized carbons (Fsp3) is 0.714. The van der Waals surface area contributed by atoms with Crippen molar-refractivity contribution in [2.24, 2.45) is 0 Å². The molecule has 2 atom stereocenters. The molecule has 21 heavy (non-hydrogen) atoms. The second-order valence-electron chi connectivity index (χ2n) is 5.38. The van der Waals surface area contributed by atoms with Crippen LogP contribution in [0.25, 0.3) is 0 Å². The fourth-order valence-corrected chi connectivity index (χ4v) is 7.29. The molecule has 2 heterocycles. The van der Waals surface area contributed by atoms with Crippen LogP contribution in [0.5, 0.6) is 0 Å². The number of thiophene rings is 1. The van der Waals surface area contributed by atoms with Gasteiger partial charge in [0.25, 0.3) is 0 Å².